The summed E-state index contributed by atoms with van der Waals surface area (Å²) in [5, 5.41) is 2.96. The molecule has 1 rings (SSSR count). The molecule has 0 aromatic heterocycles. The molecule has 0 aliphatic heterocycles. The van der Waals surface area contributed by atoms with Crippen molar-refractivity contribution in [2.45, 2.75) is 45.1 Å². The largest absolute Gasteiger partial charge is 0.493 e. The molecule has 0 heterocycles. The van der Waals surface area contributed by atoms with E-state index in [1.165, 1.54) is 5.56 Å². The smallest absolute Gasteiger partial charge is 0.237 e. The van der Waals surface area contributed by atoms with Gasteiger partial charge < -0.3 is 15.8 Å². The Morgan fingerprint density at radius 3 is 2.65 bits per heavy atom. The van der Waals surface area contributed by atoms with Crippen LogP contribution in [0.2, 0.25) is 0 Å². The minimum atomic E-state index is -0.731. The van der Waals surface area contributed by atoms with Crippen LogP contribution in [0.3, 0.4) is 0 Å². The van der Waals surface area contributed by atoms with Crippen molar-refractivity contribution in [2.75, 3.05) is 13.7 Å². The Bertz CT molecular complexity index is 448. The molecule has 3 N–H and O–H groups in total. The minimum absolute atomic E-state index is 0.362. The number of nitrogens with two attached hydrogens (primary N) is 1. The molecule has 0 radical (unpaired) electrons. The lowest BCUT2D eigenvalue weighted by Crippen LogP contribution is -2.52. The summed E-state index contributed by atoms with van der Waals surface area (Å²) in [6, 6.07) is 8.05. The molecule has 0 saturated heterocycles. The molecule has 0 fully saturated rings. The van der Waals surface area contributed by atoms with Crippen LogP contribution < -0.4 is 15.8 Å². The van der Waals surface area contributed by atoms with E-state index in [0.29, 0.717) is 18.9 Å². The lowest BCUT2D eigenvalue weighted by Gasteiger charge is -2.25. The normalized spacial score (nSPS) is 15.4. The molecule has 0 aliphatic rings. The number of hydrogen-bond donors (Lipinski definition) is 2. The highest BCUT2D eigenvalue weighted by atomic mass is 16.5. The number of nitrogens with one attached hydrogen (secondary N) is 1. The molecule has 1 amide bonds. The van der Waals surface area contributed by atoms with Crippen molar-refractivity contribution in [3.8, 4) is 5.75 Å². The number of rotatable bonds is 8. The van der Waals surface area contributed by atoms with Crippen LogP contribution in [0, 0.1) is 0 Å². The summed E-state index contributed by atoms with van der Waals surface area (Å²) in [5.41, 5.74) is 5.88. The Hall–Kier alpha value is -1.55. The van der Waals surface area contributed by atoms with Crippen LogP contribution in [0.4, 0.5) is 0 Å². The Balaban J connectivity index is 2.69. The number of benzene rings is 1. The molecular formula is C16H26N2O2. The van der Waals surface area contributed by atoms with Crippen molar-refractivity contribution >= 4 is 5.91 Å². The van der Waals surface area contributed by atoms with Crippen molar-refractivity contribution in [3.05, 3.63) is 29.8 Å². The molecule has 1 aromatic carbocycles. The Kier molecular flexibility index (Phi) is 6.02. The number of amides is 1. The second-order valence-corrected chi connectivity index (χ2v) is 5.39. The van der Waals surface area contributed by atoms with E-state index in [1.54, 1.807) is 14.0 Å². The maximum atomic E-state index is 11.4. The molecule has 2 atom stereocenters. The molecule has 4 nitrogen and oxygen atoms in total. The van der Waals surface area contributed by atoms with Gasteiger partial charge in [-0.25, -0.2) is 0 Å². The van der Waals surface area contributed by atoms with Gasteiger partial charge in [-0.3, -0.25) is 4.79 Å². The zero-order chi connectivity index (χ0) is 15.2. The first-order valence-electron chi connectivity index (χ1n) is 7.15. The average Bonchev–Trinajstić information content (AvgIpc) is 2.46. The summed E-state index contributed by atoms with van der Waals surface area (Å²) >= 11 is 0. The minimum Gasteiger partial charge on any atom is -0.493 e. The van der Waals surface area contributed by atoms with Crippen LogP contribution in [0.1, 0.15) is 45.1 Å². The van der Waals surface area contributed by atoms with E-state index in [9.17, 15) is 4.79 Å². The fourth-order valence-corrected chi connectivity index (χ4v) is 1.98. The van der Waals surface area contributed by atoms with E-state index in [4.69, 9.17) is 10.5 Å². The van der Waals surface area contributed by atoms with Crippen LogP contribution in [-0.4, -0.2) is 25.1 Å². The molecule has 20 heavy (non-hydrogen) atoms. The third-order valence-corrected chi connectivity index (χ3v) is 4.02. The monoisotopic (exact) mass is 278 g/mol. The number of para-hydroxylation sites is 1. The first kappa shape index (κ1) is 16.5. The summed E-state index contributed by atoms with van der Waals surface area (Å²) in [7, 11) is 1.73. The highest BCUT2D eigenvalue weighted by Crippen LogP contribution is 2.28. The van der Waals surface area contributed by atoms with Gasteiger partial charge in [0, 0.05) is 6.42 Å². The number of carbonyl (C=O) groups is 1. The number of likely N-dealkylation sites (N-methyl/N-ethyl adjacent to an activating group) is 1. The van der Waals surface area contributed by atoms with E-state index < -0.39 is 5.54 Å². The first-order chi connectivity index (χ1) is 9.44. The van der Waals surface area contributed by atoms with Crippen molar-refractivity contribution in [2.24, 2.45) is 5.73 Å². The fourth-order valence-electron chi connectivity index (χ4n) is 1.98. The standard InChI is InChI=1S/C16H26N2O2/c1-5-12(2)13-8-6-7-9-14(13)20-11-10-16(3,18-4)15(17)19/h6-9,12,18H,5,10-11H2,1-4H3,(H2,17,19). The van der Waals surface area contributed by atoms with Crippen molar-refractivity contribution in [3.63, 3.8) is 0 Å². The fraction of sp³-hybridized carbons (Fsp3) is 0.562. The van der Waals surface area contributed by atoms with Crippen LogP contribution in [0.5, 0.6) is 5.75 Å². The molecule has 4 heteroatoms. The molecule has 0 spiro atoms. The van der Waals surface area contributed by atoms with Gasteiger partial charge in [0.25, 0.3) is 0 Å². The Morgan fingerprint density at radius 2 is 2.10 bits per heavy atom. The van der Waals surface area contributed by atoms with Crippen LogP contribution >= 0.6 is 0 Å². The topological polar surface area (TPSA) is 64.3 Å². The third-order valence-electron chi connectivity index (χ3n) is 4.02. The highest BCUT2D eigenvalue weighted by Gasteiger charge is 2.28. The summed E-state index contributed by atoms with van der Waals surface area (Å²) in [6.45, 7) is 6.59. The van der Waals surface area contributed by atoms with Gasteiger partial charge in [-0.05, 0) is 37.9 Å². The molecule has 0 saturated carbocycles. The van der Waals surface area contributed by atoms with E-state index in [0.717, 1.165) is 12.2 Å². The van der Waals surface area contributed by atoms with E-state index in [2.05, 4.69) is 25.2 Å². The number of hydrogen-bond acceptors (Lipinski definition) is 3. The lowest BCUT2D eigenvalue weighted by atomic mass is 9.97. The van der Waals surface area contributed by atoms with Gasteiger partial charge in [0.2, 0.25) is 5.91 Å². The van der Waals surface area contributed by atoms with Gasteiger partial charge in [0.05, 0.1) is 12.1 Å². The predicted octanol–water partition coefficient (Wildman–Crippen LogP) is 2.43. The van der Waals surface area contributed by atoms with Crippen molar-refractivity contribution < 1.29 is 9.53 Å². The summed E-state index contributed by atoms with van der Waals surface area (Å²) in [5.74, 6) is 0.988. The lowest BCUT2D eigenvalue weighted by molar-refractivity contribution is -0.124. The SMILES string of the molecule is CCC(C)c1ccccc1OCCC(C)(NC)C(N)=O. The third kappa shape index (κ3) is 3.97. The second kappa shape index (κ2) is 7.29. The Morgan fingerprint density at radius 1 is 1.45 bits per heavy atom. The summed E-state index contributed by atoms with van der Waals surface area (Å²) in [6.07, 6.45) is 1.60. The van der Waals surface area contributed by atoms with Gasteiger partial charge in [-0.15, -0.1) is 0 Å². The molecule has 1 aromatic rings. The Labute approximate surface area is 121 Å². The number of ether oxygens (including phenoxy) is 1. The highest BCUT2D eigenvalue weighted by molar-refractivity contribution is 5.84. The average molecular weight is 278 g/mol. The van der Waals surface area contributed by atoms with Gasteiger partial charge in [-0.1, -0.05) is 32.0 Å². The molecule has 2 unspecified atom stereocenters. The van der Waals surface area contributed by atoms with Crippen LogP contribution in [-0.2, 0) is 4.79 Å². The summed E-state index contributed by atoms with van der Waals surface area (Å²) in [4.78, 5) is 11.4. The van der Waals surface area contributed by atoms with Crippen LogP contribution in [0.15, 0.2) is 24.3 Å². The predicted molar refractivity (Wildman–Crippen MR) is 81.9 cm³/mol. The van der Waals surface area contributed by atoms with E-state index in [-0.39, 0.29) is 5.91 Å². The quantitative estimate of drug-likeness (QED) is 0.767. The van der Waals surface area contributed by atoms with Gasteiger partial charge in [0.15, 0.2) is 0 Å². The van der Waals surface area contributed by atoms with E-state index >= 15 is 0 Å². The molecule has 0 aliphatic carbocycles. The zero-order valence-corrected chi connectivity index (χ0v) is 12.9. The maximum Gasteiger partial charge on any atom is 0.237 e. The van der Waals surface area contributed by atoms with Crippen molar-refractivity contribution in [1.82, 2.24) is 5.32 Å². The van der Waals surface area contributed by atoms with Gasteiger partial charge in [0.1, 0.15) is 5.75 Å². The van der Waals surface area contributed by atoms with Gasteiger partial charge in [-0.2, -0.15) is 0 Å². The number of primary amides is 1. The molecule has 112 valence electrons. The second-order valence-electron chi connectivity index (χ2n) is 5.39. The van der Waals surface area contributed by atoms with E-state index in [1.807, 2.05) is 18.2 Å². The maximum absolute atomic E-state index is 11.4. The summed E-state index contributed by atoms with van der Waals surface area (Å²) < 4.78 is 5.86. The van der Waals surface area contributed by atoms with Gasteiger partial charge >= 0.3 is 0 Å². The molecular weight excluding hydrogens is 252 g/mol. The first-order valence-corrected chi connectivity index (χ1v) is 7.15. The number of carbonyl (C=O) groups excluding carboxylic acids is 1. The van der Waals surface area contributed by atoms with Crippen molar-refractivity contribution in [1.29, 1.82) is 0 Å². The van der Waals surface area contributed by atoms with Crippen LogP contribution in [0.25, 0.3) is 0 Å². The zero-order valence-electron chi connectivity index (χ0n) is 12.9. The molecule has 0 bridgehead atoms.